The molecule has 6 nitrogen and oxygen atoms in total. The molecule has 0 aliphatic rings. The first kappa shape index (κ1) is 22.1. The first-order valence-corrected chi connectivity index (χ1v) is 9.06. The van der Waals surface area contributed by atoms with E-state index in [0.29, 0.717) is 11.6 Å². The number of hydrogen-bond acceptors (Lipinski definition) is 4. The average molecular weight is 437 g/mol. The minimum Gasteiger partial charge on any atom is -0.493 e. The van der Waals surface area contributed by atoms with Gasteiger partial charge in [-0.15, -0.1) is 0 Å². The molecule has 1 heterocycles. The van der Waals surface area contributed by atoms with Crippen molar-refractivity contribution in [2.24, 2.45) is 7.05 Å². The van der Waals surface area contributed by atoms with Crippen LogP contribution in [0.25, 0.3) is 11.3 Å². The van der Waals surface area contributed by atoms with Crippen LogP contribution in [0.4, 0.5) is 17.6 Å². The Morgan fingerprint density at radius 3 is 2.55 bits per heavy atom. The van der Waals surface area contributed by atoms with Crippen molar-refractivity contribution in [3.63, 3.8) is 0 Å². The van der Waals surface area contributed by atoms with Gasteiger partial charge in [0.2, 0.25) is 0 Å². The van der Waals surface area contributed by atoms with Crippen molar-refractivity contribution in [1.82, 2.24) is 14.7 Å². The first-order valence-electron chi connectivity index (χ1n) is 9.06. The lowest BCUT2D eigenvalue weighted by Crippen LogP contribution is -2.26. The number of amides is 1. The molecule has 3 rings (SSSR count). The zero-order valence-corrected chi connectivity index (χ0v) is 16.9. The zero-order valence-electron chi connectivity index (χ0n) is 16.9. The molecule has 31 heavy (non-hydrogen) atoms. The molecule has 164 valence electrons. The molecule has 0 N–H and O–H groups in total. The standard InChI is InChI=1S/C21H19F4N3O3/c1-27(10-12-4-7-17(30-3)18(8-12)31-21(24)25)20(29)15-11-28(2)26-19(15)14-6-5-13(22)9-16(14)23/h4-9,11,21H,10H2,1-3H3. The van der Waals surface area contributed by atoms with Gasteiger partial charge in [0.25, 0.3) is 5.91 Å². The maximum absolute atomic E-state index is 14.3. The number of benzene rings is 2. The Balaban J connectivity index is 1.88. The van der Waals surface area contributed by atoms with Crippen LogP contribution in [0.1, 0.15) is 15.9 Å². The number of carbonyl (C=O) groups is 1. The summed E-state index contributed by atoms with van der Waals surface area (Å²) < 4.78 is 63.6. The van der Waals surface area contributed by atoms with Gasteiger partial charge < -0.3 is 14.4 Å². The first-order chi connectivity index (χ1) is 14.7. The predicted octanol–water partition coefficient (Wildman–Crippen LogP) is 4.25. The molecular weight excluding hydrogens is 418 g/mol. The number of hydrogen-bond donors (Lipinski definition) is 0. The summed E-state index contributed by atoms with van der Waals surface area (Å²) in [4.78, 5) is 14.3. The second kappa shape index (κ2) is 9.07. The lowest BCUT2D eigenvalue weighted by molar-refractivity contribution is -0.0512. The van der Waals surface area contributed by atoms with Crippen molar-refractivity contribution in [2.45, 2.75) is 13.2 Å². The maximum Gasteiger partial charge on any atom is 0.387 e. The Labute approximate surface area is 175 Å². The number of alkyl halides is 2. The van der Waals surface area contributed by atoms with Gasteiger partial charge >= 0.3 is 6.61 Å². The van der Waals surface area contributed by atoms with Crippen LogP contribution in [0, 0.1) is 11.6 Å². The monoisotopic (exact) mass is 437 g/mol. The van der Waals surface area contributed by atoms with Gasteiger partial charge in [-0.1, -0.05) is 6.07 Å². The highest BCUT2D eigenvalue weighted by atomic mass is 19.3. The van der Waals surface area contributed by atoms with Crippen LogP contribution in [-0.4, -0.2) is 41.4 Å². The van der Waals surface area contributed by atoms with E-state index in [1.807, 2.05) is 0 Å². The Bertz CT molecular complexity index is 1100. The number of rotatable bonds is 7. The van der Waals surface area contributed by atoms with E-state index in [0.717, 1.165) is 6.07 Å². The van der Waals surface area contributed by atoms with E-state index in [1.54, 1.807) is 13.1 Å². The smallest absolute Gasteiger partial charge is 0.387 e. The Morgan fingerprint density at radius 1 is 1.16 bits per heavy atom. The number of ether oxygens (including phenoxy) is 2. The number of aryl methyl sites for hydroxylation is 1. The van der Waals surface area contributed by atoms with Gasteiger partial charge in [0, 0.05) is 38.5 Å². The zero-order chi connectivity index (χ0) is 22.7. The van der Waals surface area contributed by atoms with Crippen LogP contribution >= 0.6 is 0 Å². The third-order valence-corrected chi connectivity index (χ3v) is 4.46. The third-order valence-electron chi connectivity index (χ3n) is 4.46. The molecule has 0 saturated carbocycles. The van der Waals surface area contributed by atoms with Gasteiger partial charge in [0.05, 0.1) is 12.7 Å². The molecule has 1 amide bonds. The molecule has 0 saturated heterocycles. The Hall–Kier alpha value is -3.56. The summed E-state index contributed by atoms with van der Waals surface area (Å²) in [5.74, 6) is -2.12. The van der Waals surface area contributed by atoms with Crippen molar-refractivity contribution in [3.8, 4) is 22.8 Å². The van der Waals surface area contributed by atoms with E-state index >= 15 is 0 Å². The van der Waals surface area contributed by atoms with Gasteiger partial charge in [-0.2, -0.15) is 13.9 Å². The quantitative estimate of drug-likeness (QED) is 0.519. The lowest BCUT2D eigenvalue weighted by Gasteiger charge is -2.18. The second-order valence-electron chi connectivity index (χ2n) is 6.71. The van der Waals surface area contributed by atoms with Crippen LogP contribution in [0.2, 0.25) is 0 Å². The highest BCUT2D eigenvalue weighted by Gasteiger charge is 2.23. The van der Waals surface area contributed by atoms with Gasteiger partial charge in [0.15, 0.2) is 11.5 Å². The summed E-state index contributed by atoms with van der Waals surface area (Å²) in [6.07, 6.45) is 1.43. The molecule has 0 radical (unpaired) electrons. The van der Waals surface area contributed by atoms with Crippen molar-refractivity contribution >= 4 is 5.91 Å². The highest BCUT2D eigenvalue weighted by molar-refractivity contribution is 5.99. The fourth-order valence-electron chi connectivity index (χ4n) is 3.08. The number of methoxy groups -OCH3 is 1. The number of halogens is 4. The second-order valence-corrected chi connectivity index (χ2v) is 6.71. The van der Waals surface area contributed by atoms with Crippen molar-refractivity contribution < 1.29 is 31.8 Å². The molecule has 0 unspecified atom stereocenters. The molecule has 0 atom stereocenters. The summed E-state index contributed by atoms with van der Waals surface area (Å²) in [6.45, 7) is -2.99. The molecule has 3 aromatic rings. The van der Waals surface area contributed by atoms with Gasteiger partial charge in [-0.3, -0.25) is 9.48 Å². The molecule has 10 heteroatoms. The minimum absolute atomic E-state index is 0.0178. The molecule has 0 spiro atoms. The number of aromatic nitrogens is 2. The number of carbonyl (C=O) groups excluding carboxylic acids is 1. The highest BCUT2D eigenvalue weighted by Crippen LogP contribution is 2.31. The molecule has 0 bridgehead atoms. The molecular formula is C21H19F4N3O3. The number of nitrogens with zero attached hydrogens (tertiary/aromatic N) is 3. The van der Waals surface area contributed by atoms with Crippen molar-refractivity contribution in [2.75, 3.05) is 14.2 Å². The molecule has 1 aromatic heterocycles. The maximum atomic E-state index is 14.3. The van der Waals surface area contributed by atoms with Gasteiger partial charge in [-0.25, -0.2) is 8.78 Å². The molecule has 2 aromatic carbocycles. The van der Waals surface area contributed by atoms with E-state index in [4.69, 9.17) is 4.74 Å². The SMILES string of the molecule is COc1ccc(CN(C)C(=O)c2cn(C)nc2-c2ccc(F)cc2F)cc1OC(F)F. The summed E-state index contributed by atoms with van der Waals surface area (Å²) in [7, 11) is 4.39. The fourth-order valence-corrected chi connectivity index (χ4v) is 3.08. The van der Waals surface area contributed by atoms with Gasteiger partial charge in [0.1, 0.15) is 17.3 Å². The summed E-state index contributed by atoms with van der Waals surface area (Å²) in [5, 5.41) is 4.14. The average Bonchev–Trinajstić information content (AvgIpc) is 3.08. The predicted molar refractivity (Wildman–Crippen MR) is 104 cm³/mol. The van der Waals surface area contributed by atoms with Gasteiger partial charge in [-0.05, 0) is 29.8 Å². The normalized spacial score (nSPS) is 11.0. The van der Waals surface area contributed by atoms with Crippen LogP contribution in [0.15, 0.2) is 42.6 Å². The third kappa shape index (κ3) is 4.96. The van der Waals surface area contributed by atoms with E-state index in [1.165, 1.54) is 48.1 Å². The molecule has 0 aliphatic heterocycles. The molecule has 0 aliphatic carbocycles. The van der Waals surface area contributed by atoms with Crippen molar-refractivity contribution in [3.05, 3.63) is 65.4 Å². The molecule has 0 fully saturated rings. The minimum atomic E-state index is -3.04. The topological polar surface area (TPSA) is 56.6 Å². The Kier molecular flexibility index (Phi) is 6.47. The van der Waals surface area contributed by atoms with E-state index in [9.17, 15) is 22.4 Å². The summed E-state index contributed by atoms with van der Waals surface area (Å²) >= 11 is 0. The van der Waals surface area contributed by atoms with Crippen LogP contribution in [0.5, 0.6) is 11.5 Å². The largest absolute Gasteiger partial charge is 0.493 e. The Morgan fingerprint density at radius 2 is 1.90 bits per heavy atom. The summed E-state index contributed by atoms with van der Waals surface area (Å²) in [5.41, 5.74) is 0.655. The van der Waals surface area contributed by atoms with Crippen molar-refractivity contribution in [1.29, 1.82) is 0 Å². The summed E-state index contributed by atoms with van der Waals surface area (Å²) in [6, 6.07) is 7.40. The van der Waals surface area contributed by atoms with Crippen LogP contribution < -0.4 is 9.47 Å². The van der Waals surface area contributed by atoms with Crippen LogP contribution in [0.3, 0.4) is 0 Å². The van der Waals surface area contributed by atoms with E-state index in [2.05, 4.69) is 9.84 Å². The fraction of sp³-hybridized carbons (Fsp3) is 0.238. The van der Waals surface area contributed by atoms with E-state index in [-0.39, 0.29) is 34.9 Å². The lowest BCUT2D eigenvalue weighted by atomic mass is 10.1. The van der Waals surface area contributed by atoms with Crippen LogP contribution in [-0.2, 0) is 13.6 Å². The van der Waals surface area contributed by atoms with E-state index < -0.39 is 24.2 Å².